The number of carbonyl (C=O) groups is 1. The van der Waals surface area contributed by atoms with E-state index in [1.54, 1.807) is 12.1 Å². The van der Waals surface area contributed by atoms with Gasteiger partial charge in [-0.2, -0.15) is 0 Å². The van der Waals surface area contributed by atoms with E-state index in [9.17, 15) is 25.3 Å². The molecule has 4 N–H and O–H groups in total. The van der Waals surface area contributed by atoms with Crippen molar-refractivity contribution in [3.05, 3.63) is 85.6 Å². The number of ketones is 1. The summed E-state index contributed by atoms with van der Waals surface area (Å²) in [4.78, 5) is 28.3. The fraction of sp³-hybridized carbons (Fsp3) is 0.514. The van der Waals surface area contributed by atoms with Crippen molar-refractivity contribution >= 4 is 27.3 Å². The summed E-state index contributed by atoms with van der Waals surface area (Å²) in [5, 5.41) is 28.2. The van der Waals surface area contributed by atoms with Crippen molar-refractivity contribution in [1.82, 2.24) is 15.5 Å². The average molecular weight is 678 g/mol. The molecule has 1 aliphatic carbocycles. The molecule has 3 bridgehead atoms. The van der Waals surface area contributed by atoms with Crippen LogP contribution in [0.5, 0.6) is 5.75 Å². The standard InChI is InChI=1S/C35H40FN5O6S/c1-20(2)28-16-25(40-47-28)31(44)35-10-12-46-34(19-35)8-6-33(7-9-34,41(35)37)17-22-13-21(14-23(36)15-22)5-11-38-18-27(43)24-3-4-26(42)29-30(24)48-32(45)39-29/h3-4,13-16,20,27,38,42-43H,5-12,17-19H2,1-2H3,(H,39,45)/t27-,33?,34?,35?/m0/s1. The second-order valence-electron chi connectivity index (χ2n) is 14.1. The summed E-state index contributed by atoms with van der Waals surface area (Å²) in [6, 6.07) is 9.66. The molecule has 11 nitrogen and oxygen atoms in total. The van der Waals surface area contributed by atoms with Crippen LogP contribution >= 0.6 is 11.3 Å². The number of nitrogens with zero attached hydrogens (tertiary/aromatic N) is 3. The number of halogens is 1. The van der Waals surface area contributed by atoms with Gasteiger partial charge in [0.1, 0.15) is 22.8 Å². The number of aliphatic hydroxyl groups is 1. The number of Topliss-reactive ketones (excluding diaryl/α,β-unsaturated/α-hetero) is 1. The number of aromatic amines is 1. The van der Waals surface area contributed by atoms with Gasteiger partial charge in [-0.05, 0) is 55.1 Å². The molecule has 254 valence electrons. The van der Waals surface area contributed by atoms with Gasteiger partial charge in [0.15, 0.2) is 11.2 Å². The number of aromatic hydroxyl groups is 1. The first kappa shape index (κ1) is 32.8. The number of aromatic nitrogens is 2. The zero-order valence-corrected chi connectivity index (χ0v) is 27.9. The van der Waals surface area contributed by atoms with Crippen LogP contribution in [0.1, 0.15) is 97.3 Å². The van der Waals surface area contributed by atoms with Gasteiger partial charge in [0.25, 0.3) is 5.78 Å². The van der Waals surface area contributed by atoms with Crippen molar-refractivity contribution in [3.8, 4) is 5.75 Å². The van der Waals surface area contributed by atoms with Crippen molar-refractivity contribution < 1.29 is 33.4 Å². The Kier molecular flexibility index (Phi) is 8.38. The number of carbonyl (C=O) groups excluding carboxylic acids is 1. The molecule has 4 fully saturated rings. The Hall–Kier alpha value is -3.78. The minimum absolute atomic E-state index is 0.0528. The second-order valence-corrected chi connectivity index (χ2v) is 15.1. The number of aliphatic hydroxyl groups excluding tert-OH is 1. The van der Waals surface area contributed by atoms with Gasteiger partial charge in [0, 0.05) is 56.2 Å². The van der Waals surface area contributed by atoms with Crippen molar-refractivity contribution in [2.45, 2.75) is 93.9 Å². The van der Waals surface area contributed by atoms with E-state index in [1.807, 2.05) is 19.9 Å². The summed E-state index contributed by atoms with van der Waals surface area (Å²) >= 11 is 0.932. The van der Waals surface area contributed by atoms with E-state index in [4.69, 9.17) is 9.26 Å². The number of nitrogens with one attached hydrogen (secondary N) is 2. The molecule has 4 aliphatic rings. The molecule has 2 aromatic heterocycles. The summed E-state index contributed by atoms with van der Waals surface area (Å²) < 4.78 is 28.7. The Bertz CT molecular complexity index is 1940. The third-order valence-electron chi connectivity index (χ3n) is 10.7. The molecule has 0 amide bonds. The topological polar surface area (TPSA) is 163 Å². The monoisotopic (exact) mass is 677 g/mol. The molecule has 5 heterocycles. The Morgan fingerprint density at radius 2 is 1.94 bits per heavy atom. The highest BCUT2D eigenvalue weighted by atomic mass is 32.1. The summed E-state index contributed by atoms with van der Waals surface area (Å²) in [6.45, 7) is 4.93. The molecule has 48 heavy (non-hydrogen) atoms. The van der Waals surface area contributed by atoms with Crippen LogP contribution in [0.3, 0.4) is 0 Å². The van der Waals surface area contributed by atoms with E-state index in [2.05, 4.69) is 15.5 Å². The maximum absolute atomic E-state index is 15.1. The summed E-state index contributed by atoms with van der Waals surface area (Å²) in [6.07, 6.45) is 3.19. The first-order valence-electron chi connectivity index (χ1n) is 16.6. The fourth-order valence-corrected chi connectivity index (χ4v) is 9.04. The van der Waals surface area contributed by atoms with Gasteiger partial charge in [-0.1, -0.05) is 42.5 Å². The number of hydrogen-bond acceptors (Lipinski definition) is 9. The van der Waals surface area contributed by atoms with E-state index in [1.165, 1.54) is 22.9 Å². The van der Waals surface area contributed by atoms with E-state index in [0.717, 1.165) is 22.5 Å². The Morgan fingerprint density at radius 3 is 2.69 bits per heavy atom. The lowest BCUT2D eigenvalue weighted by Gasteiger charge is -2.41. The summed E-state index contributed by atoms with van der Waals surface area (Å²) in [7, 11) is 0. The molecule has 0 radical (unpaired) electrons. The molecule has 4 aromatic rings. The third-order valence-corrected chi connectivity index (χ3v) is 11.6. The highest BCUT2D eigenvalue weighted by Crippen LogP contribution is 2.55. The van der Waals surface area contributed by atoms with Crippen molar-refractivity contribution in [3.63, 3.8) is 0 Å². The highest BCUT2D eigenvalue weighted by molar-refractivity contribution is 7.16. The number of rotatable bonds is 11. The number of thiazole rings is 1. The second kappa shape index (κ2) is 12.3. The molecule has 3 saturated heterocycles. The fourth-order valence-electron chi connectivity index (χ4n) is 8.12. The van der Waals surface area contributed by atoms with Gasteiger partial charge < -0.3 is 40.0 Å². The summed E-state index contributed by atoms with van der Waals surface area (Å²) in [5.74, 6) is -0.0307. The van der Waals surface area contributed by atoms with Crippen LogP contribution in [-0.2, 0) is 17.6 Å². The van der Waals surface area contributed by atoms with Gasteiger partial charge >= 0.3 is 4.87 Å². The Morgan fingerprint density at radius 1 is 1.17 bits per heavy atom. The van der Waals surface area contributed by atoms with Gasteiger partial charge in [0.2, 0.25) is 5.54 Å². The molecular formula is C35H40FN5O6S. The first-order valence-corrected chi connectivity index (χ1v) is 17.4. The number of phenolic OH excluding ortho intramolecular Hbond substituents is 1. The lowest BCUT2D eigenvalue weighted by atomic mass is 9.70. The van der Waals surface area contributed by atoms with Crippen LogP contribution in [0.25, 0.3) is 15.7 Å². The number of fused-ring (bicyclic) bond motifs is 3. The number of phenols is 1. The van der Waals surface area contributed by atoms with Crippen LogP contribution < -0.4 is 10.2 Å². The Balaban J connectivity index is 1.07. The maximum Gasteiger partial charge on any atom is 0.305 e. The lowest BCUT2D eigenvalue weighted by Crippen LogP contribution is -2.59. The first-order chi connectivity index (χ1) is 22.9. The lowest BCUT2D eigenvalue weighted by molar-refractivity contribution is -0.680. The molecule has 1 spiro atoms. The third kappa shape index (κ3) is 5.70. The molecular weight excluding hydrogens is 637 g/mol. The summed E-state index contributed by atoms with van der Waals surface area (Å²) in [5.41, 5.74) is 12.2. The molecule has 1 saturated carbocycles. The molecule has 1 unspecified atom stereocenters. The predicted octanol–water partition coefficient (Wildman–Crippen LogP) is 5.49. The van der Waals surface area contributed by atoms with Gasteiger partial charge in [-0.3, -0.25) is 9.59 Å². The van der Waals surface area contributed by atoms with Crippen LogP contribution in [0.2, 0.25) is 0 Å². The minimum Gasteiger partial charge on any atom is -0.506 e. The van der Waals surface area contributed by atoms with E-state index >= 15 is 4.39 Å². The van der Waals surface area contributed by atoms with Gasteiger partial charge in [0.05, 0.1) is 23.0 Å². The van der Waals surface area contributed by atoms with Crippen molar-refractivity contribution in [2.75, 3.05) is 19.7 Å². The van der Waals surface area contributed by atoms with Crippen molar-refractivity contribution in [1.29, 1.82) is 0 Å². The molecule has 8 rings (SSSR count). The largest absolute Gasteiger partial charge is 0.506 e. The molecule has 2 aromatic carbocycles. The van der Waals surface area contributed by atoms with Crippen LogP contribution in [0.4, 0.5) is 4.39 Å². The van der Waals surface area contributed by atoms with Crippen LogP contribution in [0.15, 0.2) is 45.7 Å². The van der Waals surface area contributed by atoms with Crippen LogP contribution in [-0.4, -0.2) is 67.2 Å². The smallest absolute Gasteiger partial charge is 0.305 e. The molecule has 13 heteroatoms. The molecule has 2 atom stereocenters. The maximum atomic E-state index is 15.1. The number of H-pyrrole nitrogens is 1. The quantitative estimate of drug-likeness (QED) is 0.0921. The highest BCUT2D eigenvalue weighted by Gasteiger charge is 2.66. The minimum atomic E-state index is -1.23. The Labute approximate surface area is 280 Å². The number of hydrogen-bond donors (Lipinski definition) is 4. The zero-order chi connectivity index (χ0) is 33.8. The average Bonchev–Trinajstić information content (AvgIpc) is 3.69. The zero-order valence-electron chi connectivity index (χ0n) is 27.1. The normalized spacial score (nSPS) is 25.9. The van der Waals surface area contributed by atoms with E-state index in [-0.39, 0.29) is 40.4 Å². The van der Waals surface area contributed by atoms with Gasteiger partial charge in [-0.25, -0.2) is 4.39 Å². The van der Waals surface area contributed by atoms with Crippen LogP contribution in [0, 0.1) is 5.82 Å². The molecule has 3 aliphatic heterocycles. The van der Waals surface area contributed by atoms with Gasteiger partial charge in [-0.15, -0.1) is 0 Å². The van der Waals surface area contributed by atoms with Crippen molar-refractivity contribution in [2.24, 2.45) is 0 Å². The van der Waals surface area contributed by atoms with E-state index in [0.29, 0.717) is 86.1 Å². The number of ether oxygens (including phenoxy) is 1. The number of benzene rings is 2. The SMILES string of the molecule is CC(C)c1cc(C(=O)C23CCOC4(CCC(Cc5cc(F)cc(CCNC[C@H](O)c6ccc(O)c7[nH]c(=O)sc67)c5)(CC4)[N+]2=[N-])C3)no1. The van der Waals surface area contributed by atoms with E-state index < -0.39 is 22.8 Å². The predicted molar refractivity (Wildman–Crippen MR) is 176 cm³/mol.